The predicted octanol–water partition coefficient (Wildman–Crippen LogP) is 14.5. The van der Waals surface area contributed by atoms with Crippen LogP contribution in [0.1, 0.15) is 0 Å². The predicted molar refractivity (Wildman–Crippen MR) is 265 cm³/mol. The molecule has 6 aromatic heterocycles. The molecule has 0 aliphatic carbocycles. The van der Waals surface area contributed by atoms with E-state index in [1.165, 1.54) is 65.2 Å². The zero-order valence-electron chi connectivity index (χ0n) is 34.5. The van der Waals surface area contributed by atoms with Crippen LogP contribution in [-0.4, -0.2) is 28.2 Å². The minimum absolute atomic E-state index is 0.794. The molecule has 0 aliphatic heterocycles. The number of hydrogen-bond donors (Lipinski definition) is 0. The van der Waals surface area contributed by atoms with Gasteiger partial charge in [0.15, 0.2) is 0 Å². The lowest BCUT2D eigenvalue weighted by Gasteiger charge is -2.15. The van der Waals surface area contributed by atoms with Crippen molar-refractivity contribution >= 4 is 87.2 Å². The maximum atomic E-state index is 5.48. The number of hydrogen-bond acceptors (Lipinski definition) is 2. The molecule has 14 aromatic rings. The van der Waals surface area contributed by atoms with Gasteiger partial charge < -0.3 is 9.13 Å². The zero-order valence-corrected chi connectivity index (χ0v) is 34.5. The summed E-state index contributed by atoms with van der Waals surface area (Å²) in [5, 5.41) is 9.63. The van der Waals surface area contributed by atoms with Gasteiger partial charge in [-0.25, -0.2) is 9.97 Å². The molecule has 14 rings (SSSR count). The molecule has 6 heteroatoms. The molecule has 0 spiro atoms. The van der Waals surface area contributed by atoms with Crippen molar-refractivity contribution in [3.05, 3.63) is 218 Å². The smallest absolute Gasteiger partial charge is 0.138 e. The van der Waals surface area contributed by atoms with Crippen LogP contribution in [0.4, 0.5) is 0 Å². The topological polar surface area (TPSA) is 45.5 Å². The number of benzene rings is 8. The number of aromatic nitrogens is 6. The van der Waals surface area contributed by atoms with Crippen molar-refractivity contribution in [2.75, 3.05) is 0 Å². The molecule has 0 unspecified atom stereocenters. The molecule has 0 saturated carbocycles. The van der Waals surface area contributed by atoms with Gasteiger partial charge >= 0.3 is 0 Å². The first-order valence-corrected chi connectivity index (χ1v) is 21.8. The first-order valence-electron chi connectivity index (χ1n) is 21.8. The Balaban J connectivity index is 0.987. The van der Waals surface area contributed by atoms with Crippen molar-refractivity contribution in [2.45, 2.75) is 0 Å². The Morgan fingerprint density at radius 1 is 0.219 bits per heavy atom. The van der Waals surface area contributed by atoms with Crippen LogP contribution in [0, 0.1) is 0 Å². The van der Waals surface area contributed by atoms with Crippen LogP contribution >= 0.6 is 0 Å². The van der Waals surface area contributed by atoms with E-state index in [-0.39, 0.29) is 0 Å². The molecule has 64 heavy (non-hydrogen) atoms. The molecule has 0 N–H and O–H groups in total. The Kier molecular flexibility index (Phi) is 7.30. The molecule has 0 saturated heterocycles. The normalized spacial score (nSPS) is 12.1. The molecular formula is C58H36N6. The molecule has 298 valence electrons. The summed E-state index contributed by atoms with van der Waals surface area (Å²) >= 11 is 0. The lowest BCUT2D eigenvalue weighted by atomic mass is 10.1. The Morgan fingerprint density at radius 3 is 0.828 bits per heavy atom. The van der Waals surface area contributed by atoms with Gasteiger partial charge in [-0.2, -0.15) is 0 Å². The highest BCUT2D eigenvalue weighted by atomic mass is 15.1. The van der Waals surface area contributed by atoms with Crippen LogP contribution < -0.4 is 0 Å². The fraction of sp³-hybridized carbons (Fsp3) is 0. The van der Waals surface area contributed by atoms with Crippen LogP contribution in [0.15, 0.2) is 218 Å². The average Bonchev–Trinajstić information content (AvgIpc) is 4.10. The molecular weight excluding hydrogens is 781 g/mol. The average molecular weight is 817 g/mol. The van der Waals surface area contributed by atoms with Crippen molar-refractivity contribution in [3.8, 4) is 34.4 Å². The van der Waals surface area contributed by atoms with Gasteiger partial charge in [-0.05, 0) is 72.8 Å². The summed E-state index contributed by atoms with van der Waals surface area (Å²) in [6.07, 6.45) is 0. The third-order valence-electron chi connectivity index (χ3n) is 13.2. The highest BCUT2D eigenvalue weighted by molar-refractivity contribution is 6.16. The third kappa shape index (κ3) is 4.85. The quantitative estimate of drug-likeness (QED) is 0.174. The summed E-state index contributed by atoms with van der Waals surface area (Å²) < 4.78 is 9.50. The highest BCUT2D eigenvalue weighted by Crippen LogP contribution is 2.41. The van der Waals surface area contributed by atoms with Crippen molar-refractivity contribution < 1.29 is 0 Å². The van der Waals surface area contributed by atoms with Crippen LogP contribution in [0.5, 0.6) is 0 Å². The van der Waals surface area contributed by atoms with Gasteiger partial charge in [-0.15, -0.1) is 0 Å². The van der Waals surface area contributed by atoms with E-state index >= 15 is 0 Å². The van der Waals surface area contributed by atoms with E-state index < -0.39 is 0 Å². The largest absolute Gasteiger partial charge is 0.307 e. The van der Waals surface area contributed by atoms with E-state index in [0.717, 1.165) is 56.5 Å². The van der Waals surface area contributed by atoms with Crippen LogP contribution in [0.25, 0.3) is 122 Å². The van der Waals surface area contributed by atoms with Crippen molar-refractivity contribution in [1.29, 1.82) is 0 Å². The molecule has 0 atom stereocenters. The summed E-state index contributed by atoms with van der Waals surface area (Å²) in [7, 11) is 0. The molecule has 0 bridgehead atoms. The first kappa shape index (κ1) is 34.9. The first-order chi connectivity index (χ1) is 31.8. The lowest BCUT2D eigenvalue weighted by Crippen LogP contribution is -2.04. The van der Waals surface area contributed by atoms with Crippen molar-refractivity contribution in [3.63, 3.8) is 0 Å². The minimum Gasteiger partial charge on any atom is -0.307 e. The Hall–Kier alpha value is -8.74. The van der Waals surface area contributed by atoms with Gasteiger partial charge in [0.1, 0.15) is 11.6 Å². The van der Waals surface area contributed by atoms with E-state index in [4.69, 9.17) is 9.97 Å². The Morgan fingerprint density at radius 2 is 0.484 bits per heavy atom. The second kappa shape index (κ2) is 13.4. The SMILES string of the molecule is c1cc(-c2cccc(-n3c4ccccc4c4cccc(-n5c6ccccc6c6ccccc65)c43)n2)nc(-n2c3ccccc3c3cccc(-n4c5ccccc5c5ccccc54)c32)c1. The number of nitrogens with zero attached hydrogens (tertiary/aromatic N) is 6. The van der Waals surface area contributed by atoms with E-state index in [0.29, 0.717) is 0 Å². The molecule has 6 heterocycles. The van der Waals surface area contributed by atoms with Crippen molar-refractivity contribution in [2.24, 2.45) is 0 Å². The number of pyridine rings is 2. The van der Waals surface area contributed by atoms with Crippen LogP contribution in [0.2, 0.25) is 0 Å². The Labute approximate surface area is 366 Å². The number of rotatable bonds is 5. The van der Waals surface area contributed by atoms with Gasteiger partial charge in [0.25, 0.3) is 0 Å². The molecule has 8 aromatic carbocycles. The lowest BCUT2D eigenvalue weighted by molar-refractivity contribution is 1.04. The summed E-state index contributed by atoms with van der Waals surface area (Å²) in [6.45, 7) is 0. The zero-order chi connectivity index (χ0) is 41.9. The fourth-order valence-electron chi connectivity index (χ4n) is 10.6. The van der Waals surface area contributed by atoms with Gasteiger partial charge in [-0.1, -0.05) is 146 Å². The Bertz CT molecular complexity index is 3840. The van der Waals surface area contributed by atoms with Gasteiger partial charge in [0, 0.05) is 43.1 Å². The summed E-state index contributed by atoms with van der Waals surface area (Å²) in [6, 6.07) is 78.1. The van der Waals surface area contributed by atoms with Crippen molar-refractivity contribution in [1.82, 2.24) is 28.2 Å². The highest BCUT2D eigenvalue weighted by Gasteiger charge is 2.23. The standard InChI is InChI=1S/C58H36N6/c1-7-27-47-37(17-1)38-18-2-8-28-48(38)61(47)53-33-13-23-43-41-21-5-11-31-51(41)63(57(43)53)55-35-15-25-45(59-55)46-26-16-36-56(60-46)64-52-32-12-6-22-42(52)44-24-14-34-54(58(44)64)62-49-29-9-3-19-39(49)40-20-4-10-30-50(40)62/h1-36H. The van der Waals surface area contributed by atoms with E-state index in [1.54, 1.807) is 0 Å². The summed E-state index contributed by atoms with van der Waals surface area (Å²) in [5.74, 6) is 1.66. The maximum Gasteiger partial charge on any atom is 0.138 e. The van der Waals surface area contributed by atoms with Gasteiger partial charge in [0.2, 0.25) is 0 Å². The molecule has 0 amide bonds. The van der Waals surface area contributed by atoms with E-state index in [9.17, 15) is 0 Å². The third-order valence-corrected chi connectivity index (χ3v) is 13.2. The second-order valence-corrected chi connectivity index (χ2v) is 16.6. The monoisotopic (exact) mass is 816 g/mol. The molecule has 6 nitrogen and oxygen atoms in total. The van der Waals surface area contributed by atoms with Gasteiger partial charge in [0.05, 0.1) is 66.9 Å². The van der Waals surface area contributed by atoms with Gasteiger partial charge in [-0.3, -0.25) is 9.13 Å². The maximum absolute atomic E-state index is 5.48. The van der Waals surface area contributed by atoms with E-state index in [2.05, 4.69) is 237 Å². The van der Waals surface area contributed by atoms with E-state index in [1.807, 2.05) is 0 Å². The van der Waals surface area contributed by atoms with Crippen LogP contribution in [0.3, 0.4) is 0 Å². The number of para-hydroxylation sites is 8. The second-order valence-electron chi connectivity index (χ2n) is 16.6. The fourth-order valence-corrected chi connectivity index (χ4v) is 10.6. The summed E-state index contributed by atoms with van der Waals surface area (Å²) in [5.41, 5.74) is 12.9. The molecule has 0 radical (unpaired) electrons. The minimum atomic E-state index is 0.794. The summed E-state index contributed by atoms with van der Waals surface area (Å²) in [4.78, 5) is 11.0. The number of fused-ring (bicyclic) bond motifs is 12. The molecule has 0 aliphatic rings. The molecule has 0 fully saturated rings. The van der Waals surface area contributed by atoms with Crippen LogP contribution in [-0.2, 0) is 0 Å².